The maximum absolute atomic E-state index is 9.81. The van der Waals surface area contributed by atoms with Gasteiger partial charge in [-0.3, -0.25) is 10.6 Å². The first-order valence-electron chi connectivity index (χ1n) is 8.35. The molecule has 0 bridgehead atoms. The molecule has 0 aliphatic heterocycles. The van der Waals surface area contributed by atoms with Crippen LogP contribution >= 0.6 is 0 Å². The van der Waals surface area contributed by atoms with E-state index in [1.165, 1.54) is 0 Å². The van der Waals surface area contributed by atoms with Crippen molar-refractivity contribution in [3.05, 3.63) is 30.2 Å². The first kappa shape index (κ1) is 17.8. The minimum Gasteiger partial charge on any atom is -0.393 e. The molecule has 1 aliphatic carbocycles. The van der Waals surface area contributed by atoms with Gasteiger partial charge >= 0.3 is 0 Å². The number of likely N-dealkylation sites (N-methyl/N-ethyl adjacent to an activating group) is 1. The largest absolute Gasteiger partial charge is 0.393 e. The molecule has 1 saturated carbocycles. The Labute approximate surface area is 138 Å². The summed E-state index contributed by atoms with van der Waals surface area (Å²) >= 11 is 0. The average Bonchev–Trinajstić information content (AvgIpc) is 2.90. The lowest BCUT2D eigenvalue weighted by Gasteiger charge is -2.23. The standard InChI is InChI=1S/C17H29N5O/c1-17(2,3)21-16(20-15-6-5-9-19-22-15)11-14(18-4)12-7-8-13(23)10-12/h5-6,9,11-14,18,21,23H,7-8,10H2,1-4H3,(H,20,22)/p+1/b16-11-/t12-,13+,14?/m0/s1. The van der Waals surface area contributed by atoms with E-state index < -0.39 is 0 Å². The van der Waals surface area contributed by atoms with Crippen molar-refractivity contribution in [2.45, 2.75) is 57.7 Å². The van der Waals surface area contributed by atoms with Gasteiger partial charge in [-0.2, -0.15) is 5.10 Å². The highest BCUT2D eigenvalue weighted by Crippen LogP contribution is 2.28. The highest BCUT2D eigenvalue weighted by Gasteiger charge is 2.29. The Balaban J connectivity index is 2.16. The van der Waals surface area contributed by atoms with Crippen LogP contribution in [0.15, 0.2) is 30.2 Å². The van der Waals surface area contributed by atoms with Crippen molar-refractivity contribution in [1.29, 1.82) is 0 Å². The lowest BCUT2D eigenvalue weighted by molar-refractivity contribution is -0.672. The van der Waals surface area contributed by atoms with E-state index in [1.54, 1.807) is 6.20 Å². The quantitative estimate of drug-likeness (QED) is 0.624. The summed E-state index contributed by atoms with van der Waals surface area (Å²) in [4.78, 5) is 0. The van der Waals surface area contributed by atoms with E-state index in [0.29, 0.717) is 5.92 Å². The summed E-state index contributed by atoms with van der Waals surface area (Å²) in [5.41, 5.74) is 0.0501. The number of nitrogens with two attached hydrogens (primary N) is 1. The highest BCUT2D eigenvalue weighted by atomic mass is 16.3. The maximum atomic E-state index is 9.81. The van der Waals surface area contributed by atoms with Gasteiger partial charge < -0.3 is 10.4 Å². The first-order chi connectivity index (χ1) is 10.9. The first-order valence-corrected chi connectivity index (χ1v) is 8.35. The number of hydrogen-bond acceptors (Lipinski definition) is 5. The minimum atomic E-state index is -0.160. The molecule has 0 radical (unpaired) electrons. The van der Waals surface area contributed by atoms with Crippen LogP contribution < -0.4 is 16.0 Å². The lowest BCUT2D eigenvalue weighted by Crippen LogP contribution is -2.93. The summed E-state index contributed by atoms with van der Waals surface area (Å²) in [7, 11) is 1.98. The number of quaternary nitrogens is 1. The fourth-order valence-corrected chi connectivity index (χ4v) is 3.07. The van der Waals surface area contributed by atoms with Crippen LogP contribution in [0.5, 0.6) is 0 Å². The molecule has 5 N–H and O–H groups in total. The molecule has 1 aromatic heterocycles. The lowest BCUT2D eigenvalue weighted by atomic mass is 9.97. The molecule has 3 atom stereocenters. The Hall–Kier alpha value is -1.50. The molecule has 0 spiro atoms. The zero-order chi connectivity index (χ0) is 16.9. The molecule has 128 valence electrons. The summed E-state index contributed by atoms with van der Waals surface area (Å²) in [6, 6.07) is 4.00. The molecule has 1 aromatic rings. The summed E-state index contributed by atoms with van der Waals surface area (Å²) < 4.78 is 0. The summed E-state index contributed by atoms with van der Waals surface area (Å²) in [6.45, 7) is 6.52. The van der Waals surface area contributed by atoms with Crippen LogP contribution in [0.1, 0.15) is 40.0 Å². The van der Waals surface area contributed by atoms with E-state index in [2.05, 4.69) is 53.0 Å². The predicted octanol–water partition coefficient (Wildman–Crippen LogP) is 0.841. The van der Waals surface area contributed by atoms with Crippen LogP contribution in [0, 0.1) is 5.92 Å². The molecule has 1 fully saturated rings. The third-order valence-corrected chi connectivity index (χ3v) is 4.08. The Kier molecular flexibility index (Phi) is 6.10. The molecule has 1 unspecified atom stereocenters. The predicted molar refractivity (Wildman–Crippen MR) is 91.6 cm³/mol. The molecular weight excluding hydrogens is 290 g/mol. The molecule has 1 heterocycles. The van der Waals surface area contributed by atoms with Crippen molar-refractivity contribution in [2.75, 3.05) is 12.4 Å². The van der Waals surface area contributed by atoms with Crippen LogP contribution in [0.3, 0.4) is 0 Å². The van der Waals surface area contributed by atoms with Crippen molar-refractivity contribution in [1.82, 2.24) is 15.5 Å². The molecule has 0 saturated heterocycles. The van der Waals surface area contributed by atoms with Gasteiger partial charge in [-0.25, -0.2) is 0 Å². The third-order valence-electron chi connectivity index (χ3n) is 4.08. The summed E-state index contributed by atoms with van der Waals surface area (Å²) in [5.74, 6) is 2.22. The van der Waals surface area contributed by atoms with Crippen LogP contribution in [0.2, 0.25) is 0 Å². The molecule has 23 heavy (non-hydrogen) atoms. The molecule has 0 amide bonds. The van der Waals surface area contributed by atoms with Crippen molar-refractivity contribution in [3.63, 3.8) is 0 Å². The number of nitrogens with one attached hydrogen (secondary N) is 2. The van der Waals surface area contributed by atoms with Crippen LogP contribution in [0.4, 0.5) is 5.82 Å². The van der Waals surface area contributed by atoms with E-state index >= 15 is 0 Å². The van der Waals surface area contributed by atoms with Gasteiger partial charge in [-0.1, -0.05) is 0 Å². The second kappa shape index (κ2) is 7.86. The molecule has 6 nitrogen and oxygen atoms in total. The molecule has 0 aromatic carbocycles. The number of nitrogens with zero attached hydrogens (tertiary/aromatic N) is 2. The average molecular weight is 320 g/mol. The second-order valence-corrected chi connectivity index (χ2v) is 7.41. The molecule has 6 heteroatoms. The second-order valence-electron chi connectivity index (χ2n) is 7.41. The van der Waals surface area contributed by atoms with Crippen molar-refractivity contribution >= 4 is 5.82 Å². The fourth-order valence-electron chi connectivity index (χ4n) is 3.07. The maximum Gasteiger partial charge on any atom is 0.201 e. The minimum absolute atomic E-state index is 0.0501. The van der Waals surface area contributed by atoms with E-state index in [1.807, 2.05) is 19.2 Å². The zero-order valence-corrected chi connectivity index (χ0v) is 14.6. The number of aromatic nitrogens is 2. The van der Waals surface area contributed by atoms with Gasteiger partial charge in [0.15, 0.2) is 5.82 Å². The summed E-state index contributed by atoms with van der Waals surface area (Å²) in [6.07, 6.45) is 6.52. The molecule has 1 aliphatic rings. The van der Waals surface area contributed by atoms with Gasteiger partial charge in [0.1, 0.15) is 0 Å². The van der Waals surface area contributed by atoms with E-state index in [-0.39, 0.29) is 17.7 Å². The number of anilines is 1. The Morgan fingerprint density at radius 2 is 2.22 bits per heavy atom. The summed E-state index contributed by atoms with van der Waals surface area (Å²) in [5, 5.41) is 26.8. The van der Waals surface area contributed by atoms with E-state index in [0.717, 1.165) is 30.9 Å². The fraction of sp³-hybridized carbons (Fsp3) is 0.647. The van der Waals surface area contributed by atoms with Crippen LogP contribution in [-0.2, 0) is 0 Å². The van der Waals surface area contributed by atoms with Gasteiger partial charge in [0.2, 0.25) is 5.82 Å². The monoisotopic (exact) mass is 320 g/mol. The highest BCUT2D eigenvalue weighted by molar-refractivity contribution is 5.37. The molecular formula is C17H30N5O+. The van der Waals surface area contributed by atoms with Crippen molar-refractivity contribution in [3.8, 4) is 0 Å². The smallest absolute Gasteiger partial charge is 0.201 e. The number of aliphatic hydroxyl groups excluding tert-OH is 1. The zero-order valence-electron chi connectivity index (χ0n) is 14.6. The van der Waals surface area contributed by atoms with Gasteiger partial charge in [0.05, 0.1) is 11.6 Å². The number of hydrogen-bond donors (Lipinski definition) is 4. The Bertz CT molecular complexity index is 511. The van der Waals surface area contributed by atoms with Gasteiger partial charge in [0.25, 0.3) is 0 Å². The van der Waals surface area contributed by atoms with E-state index in [4.69, 9.17) is 0 Å². The topological polar surface area (TPSA) is 86.7 Å². The van der Waals surface area contributed by atoms with Crippen LogP contribution in [0.25, 0.3) is 0 Å². The van der Waals surface area contributed by atoms with Crippen LogP contribution in [-0.4, -0.2) is 40.0 Å². The number of rotatable bonds is 6. The Morgan fingerprint density at radius 1 is 1.43 bits per heavy atom. The Morgan fingerprint density at radius 3 is 2.74 bits per heavy atom. The van der Waals surface area contributed by atoms with Gasteiger partial charge in [-0.15, -0.1) is 5.10 Å². The van der Waals surface area contributed by atoms with Crippen molar-refractivity contribution < 1.29 is 10.4 Å². The van der Waals surface area contributed by atoms with Gasteiger partial charge in [0, 0.05) is 18.3 Å². The van der Waals surface area contributed by atoms with Gasteiger partial charge in [-0.05, 0) is 65.1 Å². The van der Waals surface area contributed by atoms with Crippen molar-refractivity contribution in [2.24, 2.45) is 5.92 Å². The third kappa shape index (κ3) is 5.89. The number of aliphatic hydroxyl groups is 1. The van der Waals surface area contributed by atoms with E-state index in [9.17, 15) is 5.11 Å². The SMILES string of the molecule is CNC(/C=C(/Nc1cccnn1)[NH2+]C(C)(C)C)[C@H]1CC[C@@H](O)C1. The molecule has 2 rings (SSSR count). The normalized spacial score (nSPS) is 23.8.